The Bertz CT molecular complexity index is 205. The molecule has 10 heavy (non-hydrogen) atoms. The monoisotopic (exact) mass is 156 g/mol. The molecule has 54 valence electrons. The van der Waals surface area contributed by atoms with Crippen LogP contribution in [0.5, 0.6) is 0 Å². The van der Waals surface area contributed by atoms with Crippen molar-refractivity contribution < 1.29 is 4.39 Å². The summed E-state index contributed by atoms with van der Waals surface area (Å²) in [4.78, 5) is 0.846. The third-order valence-electron chi connectivity index (χ3n) is 1.48. The molecule has 2 heteroatoms. The molecule has 0 N–H and O–H groups in total. The summed E-state index contributed by atoms with van der Waals surface area (Å²) in [6.45, 7) is 3.57. The van der Waals surface area contributed by atoms with E-state index in [-0.39, 0.29) is 5.82 Å². The van der Waals surface area contributed by atoms with E-state index in [1.54, 1.807) is 13.0 Å². The number of hydrogen-bond acceptors (Lipinski definition) is 1. The van der Waals surface area contributed by atoms with Crippen molar-refractivity contribution in [2.45, 2.75) is 18.7 Å². The van der Waals surface area contributed by atoms with E-state index in [0.29, 0.717) is 5.56 Å². The zero-order valence-corrected chi connectivity index (χ0v) is 6.87. The van der Waals surface area contributed by atoms with Gasteiger partial charge in [0, 0.05) is 4.90 Å². The van der Waals surface area contributed by atoms with Crippen LogP contribution >= 0.6 is 12.6 Å². The van der Waals surface area contributed by atoms with E-state index >= 15 is 0 Å². The molecule has 0 unspecified atom stereocenters. The highest BCUT2D eigenvalue weighted by Crippen LogP contribution is 2.17. The van der Waals surface area contributed by atoms with Crippen molar-refractivity contribution in [3.8, 4) is 0 Å². The van der Waals surface area contributed by atoms with Crippen molar-refractivity contribution in [3.05, 3.63) is 29.1 Å². The first-order valence-corrected chi connectivity index (χ1v) is 3.51. The third-order valence-corrected chi connectivity index (χ3v) is 1.96. The maximum absolute atomic E-state index is 12.7. The average Bonchev–Trinajstić information content (AvgIpc) is 1.84. The summed E-state index contributed by atoms with van der Waals surface area (Å²) in [6, 6.07) is 3.23. The molecule has 0 aliphatic rings. The van der Waals surface area contributed by atoms with Gasteiger partial charge in [0.25, 0.3) is 0 Å². The maximum Gasteiger partial charge on any atom is 0.126 e. The zero-order chi connectivity index (χ0) is 7.72. The predicted octanol–water partition coefficient (Wildman–Crippen LogP) is 2.73. The van der Waals surface area contributed by atoms with Gasteiger partial charge in [-0.25, -0.2) is 4.39 Å². The van der Waals surface area contributed by atoms with E-state index in [4.69, 9.17) is 0 Å². The van der Waals surface area contributed by atoms with E-state index in [9.17, 15) is 4.39 Å². The highest BCUT2D eigenvalue weighted by atomic mass is 32.1. The largest absolute Gasteiger partial charge is 0.207 e. The molecule has 1 aromatic rings. The summed E-state index contributed by atoms with van der Waals surface area (Å²) in [6.07, 6.45) is 0. The van der Waals surface area contributed by atoms with Crippen LogP contribution < -0.4 is 0 Å². The van der Waals surface area contributed by atoms with Crippen molar-refractivity contribution in [2.75, 3.05) is 0 Å². The third kappa shape index (κ3) is 1.32. The molecule has 0 aliphatic carbocycles. The molecule has 0 bridgehead atoms. The fourth-order valence-electron chi connectivity index (χ4n) is 0.766. The summed E-state index contributed by atoms with van der Waals surface area (Å²) in [5.74, 6) is -0.157. The molecule has 0 saturated heterocycles. The summed E-state index contributed by atoms with van der Waals surface area (Å²) in [5, 5.41) is 0. The van der Waals surface area contributed by atoms with E-state index in [0.717, 1.165) is 10.5 Å². The number of benzene rings is 1. The van der Waals surface area contributed by atoms with Crippen LogP contribution in [-0.4, -0.2) is 0 Å². The molecule has 0 saturated carbocycles. The van der Waals surface area contributed by atoms with Gasteiger partial charge < -0.3 is 0 Å². The topological polar surface area (TPSA) is 0 Å². The number of halogens is 1. The summed E-state index contributed by atoms with van der Waals surface area (Å²) >= 11 is 4.15. The summed E-state index contributed by atoms with van der Waals surface area (Å²) < 4.78 is 12.7. The smallest absolute Gasteiger partial charge is 0.126 e. The second-order valence-corrected chi connectivity index (χ2v) is 2.87. The maximum atomic E-state index is 12.7. The number of thiol groups is 1. The zero-order valence-electron chi connectivity index (χ0n) is 5.98. The van der Waals surface area contributed by atoms with Crippen molar-refractivity contribution in [2.24, 2.45) is 0 Å². The Morgan fingerprint density at radius 3 is 2.30 bits per heavy atom. The standard InChI is InChI=1S/C8H9FS/c1-5-4-8(10)6(2)3-7(5)9/h3-4,10H,1-2H3. The van der Waals surface area contributed by atoms with Crippen LogP contribution in [0.25, 0.3) is 0 Å². The number of aryl methyl sites for hydroxylation is 2. The van der Waals surface area contributed by atoms with E-state index in [1.165, 1.54) is 6.07 Å². The molecular formula is C8H9FS. The Balaban J connectivity index is 3.28. The van der Waals surface area contributed by atoms with Crippen LogP contribution in [0.4, 0.5) is 4.39 Å². The normalized spacial score (nSPS) is 10.0. The van der Waals surface area contributed by atoms with Crippen molar-refractivity contribution >= 4 is 12.6 Å². The van der Waals surface area contributed by atoms with E-state index < -0.39 is 0 Å². The first-order chi connectivity index (χ1) is 4.61. The van der Waals surface area contributed by atoms with Gasteiger partial charge in [-0.05, 0) is 37.1 Å². The molecule has 1 aromatic carbocycles. The van der Waals surface area contributed by atoms with Crippen LogP contribution in [0.1, 0.15) is 11.1 Å². The Morgan fingerprint density at radius 2 is 1.80 bits per heavy atom. The predicted molar refractivity (Wildman–Crippen MR) is 43.1 cm³/mol. The van der Waals surface area contributed by atoms with Gasteiger partial charge in [0.1, 0.15) is 5.82 Å². The first kappa shape index (κ1) is 7.61. The van der Waals surface area contributed by atoms with Gasteiger partial charge in [-0.1, -0.05) is 0 Å². The summed E-state index contributed by atoms with van der Waals surface area (Å²) in [7, 11) is 0. The minimum atomic E-state index is -0.157. The highest BCUT2D eigenvalue weighted by Gasteiger charge is 1.99. The van der Waals surface area contributed by atoms with Gasteiger partial charge in [0.2, 0.25) is 0 Å². The minimum Gasteiger partial charge on any atom is -0.207 e. The SMILES string of the molecule is Cc1cc(S)c(C)cc1F. The highest BCUT2D eigenvalue weighted by molar-refractivity contribution is 7.80. The minimum absolute atomic E-state index is 0.157. The lowest BCUT2D eigenvalue weighted by Gasteiger charge is -2.00. The van der Waals surface area contributed by atoms with E-state index in [2.05, 4.69) is 12.6 Å². The molecule has 0 heterocycles. The van der Waals surface area contributed by atoms with Crippen LogP contribution in [0.3, 0.4) is 0 Å². The molecular weight excluding hydrogens is 147 g/mol. The fourth-order valence-corrected chi connectivity index (χ4v) is 1.02. The average molecular weight is 156 g/mol. The second-order valence-electron chi connectivity index (χ2n) is 2.39. The van der Waals surface area contributed by atoms with E-state index in [1.807, 2.05) is 6.92 Å². The molecule has 0 atom stereocenters. The Labute approximate surface area is 65.5 Å². The van der Waals surface area contributed by atoms with Gasteiger partial charge in [-0.15, -0.1) is 12.6 Å². The van der Waals surface area contributed by atoms with Crippen LogP contribution in [0.2, 0.25) is 0 Å². The van der Waals surface area contributed by atoms with Gasteiger partial charge >= 0.3 is 0 Å². The molecule has 0 fully saturated rings. The van der Waals surface area contributed by atoms with Crippen LogP contribution in [0.15, 0.2) is 17.0 Å². The van der Waals surface area contributed by atoms with Crippen molar-refractivity contribution in [1.82, 2.24) is 0 Å². The molecule has 0 spiro atoms. The van der Waals surface area contributed by atoms with Gasteiger partial charge in [-0.2, -0.15) is 0 Å². The lowest BCUT2D eigenvalue weighted by Crippen LogP contribution is -1.84. The lowest BCUT2D eigenvalue weighted by molar-refractivity contribution is 0.615. The van der Waals surface area contributed by atoms with Crippen molar-refractivity contribution in [3.63, 3.8) is 0 Å². The second kappa shape index (κ2) is 2.62. The van der Waals surface area contributed by atoms with Crippen molar-refractivity contribution in [1.29, 1.82) is 0 Å². The molecule has 0 aliphatic heterocycles. The quantitative estimate of drug-likeness (QED) is 0.548. The first-order valence-electron chi connectivity index (χ1n) is 3.07. The van der Waals surface area contributed by atoms with Gasteiger partial charge in [0.05, 0.1) is 0 Å². The van der Waals surface area contributed by atoms with Crippen LogP contribution in [0, 0.1) is 19.7 Å². The molecule has 0 nitrogen and oxygen atoms in total. The molecule has 0 amide bonds. The van der Waals surface area contributed by atoms with Gasteiger partial charge in [0.15, 0.2) is 0 Å². The number of hydrogen-bond donors (Lipinski definition) is 1. The number of rotatable bonds is 0. The van der Waals surface area contributed by atoms with Crippen LogP contribution in [-0.2, 0) is 0 Å². The Kier molecular flexibility index (Phi) is 2.00. The van der Waals surface area contributed by atoms with Gasteiger partial charge in [-0.3, -0.25) is 0 Å². The summed E-state index contributed by atoms with van der Waals surface area (Å²) in [5.41, 5.74) is 1.53. The fraction of sp³-hybridized carbons (Fsp3) is 0.250. The Morgan fingerprint density at radius 1 is 1.20 bits per heavy atom. The lowest BCUT2D eigenvalue weighted by atomic mass is 10.1. The molecule has 0 radical (unpaired) electrons. The molecule has 0 aromatic heterocycles. The molecule has 1 rings (SSSR count). The Hall–Kier alpha value is -0.500.